The van der Waals surface area contributed by atoms with Gasteiger partial charge in [0.25, 0.3) is 0 Å². The molecule has 0 spiro atoms. The molecule has 0 aliphatic carbocycles. The predicted octanol–water partition coefficient (Wildman–Crippen LogP) is 3.62. The number of rotatable bonds is 7. The molecule has 3 aromatic carbocycles. The summed E-state index contributed by atoms with van der Waals surface area (Å²) >= 11 is 0. The van der Waals surface area contributed by atoms with Crippen molar-refractivity contribution in [3.05, 3.63) is 66.7 Å². The quantitative estimate of drug-likeness (QED) is 0.204. The average Bonchev–Trinajstić information content (AvgIpc) is 2.78. The van der Waals surface area contributed by atoms with Crippen LogP contribution in [0.5, 0.6) is 0 Å². The van der Waals surface area contributed by atoms with Crippen LogP contribution in [-0.2, 0) is 11.3 Å². The second kappa shape index (κ2) is 9.34. The number of amides is 1. The highest BCUT2D eigenvalue weighted by molar-refractivity contribution is 6.10. The van der Waals surface area contributed by atoms with Crippen molar-refractivity contribution in [2.45, 2.75) is 32.4 Å². The Morgan fingerprint density at radius 2 is 1.78 bits per heavy atom. The Kier molecular flexibility index (Phi) is 6.35. The van der Waals surface area contributed by atoms with E-state index in [-0.39, 0.29) is 25.4 Å². The van der Waals surface area contributed by atoms with E-state index in [9.17, 15) is 9.90 Å². The number of carbonyl (C=O) groups excluding carboxylic acids is 1. The van der Waals surface area contributed by atoms with Crippen LogP contribution in [0.3, 0.4) is 0 Å². The first-order valence-corrected chi connectivity index (χ1v) is 10.8. The minimum Gasteiger partial charge on any atom is -0.399 e. The zero-order valence-electron chi connectivity index (χ0n) is 18.1. The van der Waals surface area contributed by atoms with Crippen LogP contribution in [0, 0.1) is 0 Å². The van der Waals surface area contributed by atoms with Gasteiger partial charge in [0.2, 0.25) is 17.1 Å². The van der Waals surface area contributed by atoms with Gasteiger partial charge in [0.15, 0.2) is 0 Å². The van der Waals surface area contributed by atoms with E-state index in [1.807, 2.05) is 54.6 Å². The normalized spacial score (nSPS) is 12.2. The maximum absolute atomic E-state index is 12.4. The van der Waals surface area contributed by atoms with Gasteiger partial charge < -0.3 is 21.3 Å². The summed E-state index contributed by atoms with van der Waals surface area (Å²) in [4.78, 5) is 12.4. The number of aromatic nitrogens is 1. The summed E-state index contributed by atoms with van der Waals surface area (Å²) in [5.74, 6) is -0.288. The zero-order valence-corrected chi connectivity index (χ0v) is 18.1. The molecule has 0 unspecified atom stereocenters. The number of nitrogen functional groups attached to an aromatic ring is 1. The molecule has 4 aromatic rings. The third-order valence-corrected chi connectivity index (χ3v) is 5.68. The number of hydrogen-bond acceptors (Lipinski definition) is 4. The number of anilines is 2. The third-order valence-electron chi connectivity index (χ3n) is 5.68. The number of aliphatic hydroxyl groups excluding tert-OH is 2. The van der Waals surface area contributed by atoms with Gasteiger partial charge in [-0.2, -0.15) is 4.57 Å². The van der Waals surface area contributed by atoms with Gasteiger partial charge in [0.05, 0.1) is 23.3 Å². The molecule has 0 fully saturated rings. The molecule has 1 aromatic heterocycles. The van der Waals surface area contributed by atoms with Crippen molar-refractivity contribution in [2.75, 3.05) is 17.7 Å². The highest BCUT2D eigenvalue weighted by atomic mass is 16.3. The number of nitrogens with two attached hydrogens (primary N) is 1. The predicted molar refractivity (Wildman–Crippen MR) is 128 cm³/mol. The van der Waals surface area contributed by atoms with Crippen LogP contribution < -0.4 is 15.6 Å². The summed E-state index contributed by atoms with van der Waals surface area (Å²) in [6, 6.07) is 22.0. The van der Waals surface area contributed by atoms with Crippen LogP contribution in [0.25, 0.3) is 32.9 Å². The number of nitrogens with zero attached hydrogens (tertiary/aromatic N) is 1. The fourth-order valence-corrected chi connectivity index (χ4v) is 4.23. The fourth-order valence-electron chi connectivity index (χ4n) is 4.23. The molecular formula is C26H28N3O3+. The van der Waals surface area contributed by atoms with E-state index in [0.29, 0.717) is 11.4 Å². The maximum atomic E-state index is 12.4. The van der Waals surface area contributed by atoms with Crippen molar-refractivity contribution in [2.24, 2.45) is 0 Å². The van der Waals surface area contributed by atoms with Gasteiger partial charge in [-0.15, -0.1) is 0 Å². The number of fused-ring (bicyclic) bond motifs is 3. The van der Waals surface area contributed by atoms with Crippen LogP contribution in [-0.4, -0.2) is 28.8 Å². The van der Waals surface area contributed by atoms with Crippen molar-refractivity contribution in [3.63, 3.8) is 0 Å². The van der Waals surface area contributed by atoms with Gasteiger partial charge in [-0.25, -0.2) is 0 Å². The smallest absolute Gasteiger partial charge is 0.226 e. The van der Waals surface area contributed by atoms with E-state index in [1.165, 1.54) is 0 Å². The largest absolute Gasteiger partial charge is 0.399 e. The van der Waals surface area contributed by atoms with E-state index in [1.54, 1.807) is 0 Å². The monoisotopic (exact) mass is 430 g/mol. The molecule has 6 heteroatoms. The molecule has 4 rings (SSSR count). The van der Waals surface area contributed by atoms with Crippen molar-refractivity contribution in [1.82, 2.24) is 0 Å². The van der Waals surface area contributed by atoms with Crippen LogP contribution in [0.4, 0.5) is 11.4 Å². The van der Waals surface area contributed by atoms with Crippen LogP contribution >= 0.6 is 0 Å². The molecule has 164 valence electrons. The highest BCUT2D eigenvalue weighted by Crippen LogP contribution is 2.33. The second-order valence-electron chi connectivity index (χ2n) is 7.91. The van der Waals surface area contributed by atoms with Crippen LogP contribution in [0.2, 0.25) is 0 Å². The van der Waals surface area contributed by atoms with E-state index in [0.717, 1.165) is 39.5 Å². The number of aliphatic hydroxyl groups is 2. The lowest BCUT2D eigenvalue weighted by molar-refractivity contribution is -0.655. The topological polar surface area (TPSA) is 99.5 Å². The summed E-state index contributed by atoms with van der Waals surface area (Å²) in [5.41, 5.74) is 10.7. The Labute approximate surface area is 186 Å². The molecule has 0 aliphatic heterocycles. The lowest BCUT2D eigenvalue weighted by Crippen LogP contribution is -2.36. The van der Waals surface area contributed by atoms with Gasteiger partial charge >= 0.3 is 0 Å². The Bertz CT molecular complexity index is 1270. The first-order chi connectivity index (χ1) is 15.5. The molecule has 5 N–H and O–H groups in total. The molecule has 0 radical (unpaired) electrons. The molecule has 0 bridgehead atoms. The lowest BCUT2D eigenvalue weighted by Gasteiger charge is -2.14. The number of nitrogens with one attached hydrogen (secondary N) is 1. The minimum atomic E-state index is -0.864. The summed E-state index contributed by atoms with van der Waals surface area (Å²) in [5, 5.41) is 24.8. The Balaban J connectivity index is 1.90. The summed E-state index contributed by atoms with van der Waals surface area (Å²) in [7, 11) is 0. The molecule has 6 nitrogen and oxygen atoms in total. The summed E-state index contributed by atoms with van der Waals surface area (Å²) in [6.07, 6.45) is -0.748. The second-order valence-corrected chi connectivity index (χ2v) is 7.91. The van der Waals surface area contributed by atoms with Crippen LogP contribution in [0.15, 0.2) is 66.7 Å². The lowest BCUT2D eigenvalue weighted by atomic mass is 9.98. The van der Waals surface area contributed by atoms with Crippen LogP contribution in [0.1, 0.15) is 19.8 Å². The Hall–Kier alpha value is -3.48. The Morgan fingerprint density at radius 1 is 1.03 bits per heavy atom. The van der Waals surface area contributed by atoms with E-state index < -0.39 is 6.10 Å². The number of pyridine rings is 1. The van der Waals surface area contributed by atoms with E-state index >= 15 is 0 Å². The van der Waals surface area contributed by atoms with E-state index in [4.69, 9.17) is 10.8 Å². The fraction of sp³-hybridized carbons (Fsp3) is 0.231. The minimum absolute atomic E-state index is 0.0594. The molecular weight excluding hydrogens is 402 g/mol. The average molecular weight is 431 g/mol. The molecule has 1 heterocycles. The van der Waals surface area contributed by atoms with Crippen molar-refractivity contribution in [1.29, 1.82) is 0 Å². The van der Waals surface area contributed by atoms with Gasteiger partial charge in [-0.3, -0.25) is 4.79 Å². The van der Waals surface area contributed by atoms with Crippen molar-refractivity contribution < 1.29 is 19.6 Å². The SMILES string of the molecule is CC[n+]1c(-c2ccccc2)c2cc(NC(=O)C[C@H](O)CCO)ccc2c2ccc(N)cc21. The van der Waals surface area contributed by atoms with E-state index in [2.05, 4.69) is 28.9 Å². The molecule has 32 heavy (non-hydrogen) atoms. The number of carbonyl (C=O) groups is 1. The first kappa shape index (κ1) is 21.7. The molecule has 0 aliphatic rings. The highest BCUT2D eigenvalue weighted by Gasteiger charge is 2.23. The van der Waals surface area contributed by atoms with Crippen molar-refractivity contribution in [3.8, 4) is 11.3 Å². The third kappa shape index (κ3) is 4.28. The zero-order chi connectivity index (χ0) is 22.7. The molecule has 0 saturated carbocycles. The van der Waals surface area contributed by atoms with Gasteiger partial charge in [0.1, 0.15) is 6.54 Å². The molecule has 1 amide bonds. The first-order valence-electron chi connectivity index (χ1n) is 10.8. The molecule has 0 saturated heterocycles. The molecule has 1 atom stereocenters. The standard InChI is InChI=1S/C26H27N3O3/c1-2-29-24-14-18(27)8-10-22(24)21-11-9-19(28-25(32)16-20(31)12-13-30)15-23(21)26(29)17-6-4-3-5-7-17/h3-11,14-15,20,27,30-31H,2,12-13,16H2,1H3,(H,28,32)/p+1/t20-/m1/s1. The number of hydrogen-bond donors (Lipinski definition) is 4. The summed E-state index contributed by atoms with van der Waals surface area (Å²) in [6.45, 7) is 2.71. The Morgan fingerprint density at radius 3 is 2.50 bits per heavy atom. The van der Waals surface area contributed by atoms with Gasteiger partial charge in [-0.05, 0) is 49.7 Å². The van der Waals surface area contributed by atoms with Gasteiger partial charge in [-0.1, -0.05) is 24.3 Å². The van der Waals surface area contributed by atoms with Crippen molar-refractivity contribution >= 4 is 39.0 Å². The van der Waals surface area contributed by atoms with Gasteiger partial charge in [0, 0.05) is 35.0 Å². The number of benzene rings is 3. The summed E-state index contributed by atoms with van der Waals surface area (Å²) < 4.78 is 2.25. The maximum Gasteiger partial charge on any atom is 0.226 e. The number of aryl methyl sites for hydroxylation is 1.